The lowest BCUT2D eigenvalue weighted by atomic mass is 10.1. The van der Waals surface area contributed by atoms with Crippen LogP contribution < -0.4 is 5.32 Å². The summed E-state index contributed by atoms with van der Waals surface area (Å²) in [4.78, 5) is 0. The summed E-state index contributed by atoms with van der Waals surface area (Å²) in [5.74, 6) is 0. The molecule has 0 aromatic carbocycles. The van der Waals surface area contributed by atoms with Crippen LogP contribution in [-0.2, 0) is 9.47 Å². The van der Waals surface area contributed by atoms with Crippen LogP contribution in [0.3, 0.4) is 0 Å². The van der Waals surface area contributed by atoms with Gasteiger partial charge in [0.25, 0.3) is 0 Å². The summed E-state index contributed by atoms with van der Waals surface area (Å²) in [7, 11) is 0. The molecule has 2 fully saturated rings. The van der Waals surface area contributed by atoms with Crippen molar-refractivity contribution < 1.29 is 9.47 Å². The van der Waals surface area contributed by atoms with Gasteiger partial charge in [0.2, 0.25) is 0 Å². The maximum absolute atomic E-state index is 5.46. The zero-order valence-electron chi connectivity index (χ0n) is 6.25. The van der Waals surface area contributed by atoms with E-state index in [9.17, 15) is 0 Å². The Morgan fingerprint density at radius 1 is 1.45 bits per heavy atom. The van der Waals surface area contributed by atoms with E-state index in [1.54, 1.807) is 0 Å². The van der Waals surface area contributed by atoms with E-state index in [0.717, 1.165) is 13.0 Å². The van der Waals surface area contributed by atoms with Gasteiger partial charge >= 0.3 is 0 Å². The molecule has 0 bridgehead atoms. The van der Waals surface area contributed by atoms with Gasteiger partial charge in [-0.1, -0.05) is 6.42 Å². The summed E-state index contributed by atoms with van der Waals surface area (Å²) in [6.07, 6.45) is 6.59. The molecule has 1 N–H and O–H groups in total. The molecule has 0 radical (unpaired) electrons. The maximum Gasteiger partial charge on any atom is 0.107 e. The van der Waals surface area contributed by atoms with Crippen LogP contribution >= 0.6 is 0 Å². The van der Waals surface area contributed by atoms with Gasteiger partial charge < -0.3 is 14.8 Å². The Bertz CT molecular complexity index is 187. The topological polar surface area (TPSA) is 30.5 Å². The number of fused-ring (bicyclic) bond motifs is 1. The van der Waals surface area contributed by atoms with Crippen LogP contribution in [0.5, 0.6) is 0 Å². The Hall–Kier alpha value is -0.720. The van der Waals surface area contributed by atoms with Gasteiger partial charge in [-0.25, -0.2) is 0 Å². The molecule has 2 aliphatic rings. The van der Waals surface area contributed by atoms with Crippen LogP contribution in [-0.4, -0.2) is 31.5 Å². The SMILES string of the molecule is C#CNC1COC2CCOC12. The van der Waals surface area contributed by atoms with E-state index in [4.69, 9.17) is 15.9 Å². The second kappa shape index (κ2) is 2.72. The molecule has 2 rings (SSSR count). The predicted octanol–water partition coefficient (Wildman–Crippen LogP) is -0.277. The Balaban J connectivity index is 1.98. The zero-order valence-corrected chi connectivity index (χ0v) is 6.25. The van der Waals surface area contributed by atoms with Crippen LogP contribution in [0.15, 0.2) is 0 Å². The van der Waals surface area contributed by atoms with E-state index in [-0.39, 0.29) is 18.2 Å². The molecule has 0 aromatic rings. The second-order valence-electron chi connectivity index (χ2n) is 2.89. The van der Waals surface area contributed by atoms with Crippen LogP contribution in [0.4, 0.5) is 0 Å². The third-order valence-electron chi connectivity index (χ3n) is 2.23. The minimum atomic E-state index is 0.186. The fraction of sp³-hybridized carbons (Fsp3) is 0.750. The highest BCUT2D eigenvalue weighted by molar-refractivity contribution is 4.98. The standard InChI is InChI=1S/C8H11NO2/c1-2-9-6-5-11-7-3-4-10-8(6)7/h1,6-9H,3-5H2. The summed E-state index contributed by atoms with van der Waals surface area (Å²) >= 11 is 0. The van der Waals surface area contributed by atoms with Gasteiger partial charge in [0.15, 0.2) is 0 Å². The monoisotopic (exact) mass is 153 g/mol. The Kier molecular flexibility index (Phi) is 1.72. The van der Waals surface area contributed by atoms with Crippen LogP contribution in [0.1, 0.15) is 6.42 Å². The minimum absolute atomic E-state index is 0.186. The van der Waals surface area contributed by atoms with E-state index in [2.05, 4.69) is 11.4 Å². The number of terminal acetylenes is 1. The highest BCUT2D eigenvalue weighted by Crippen LogP contribution is 2.25. The van der Waals surface area contributed by atoms with Gasteiger partial charge in [-0.05, 0) is 6.42 Å². The summed E-state index contributed by atoms with van der Waals surface area (Å²) in [6.45, 7) is 1.48. The fourth-order valence-electron chi connectivity index (χ4n) is 1.70. The number of hydrogen-bond donors (Lipinski definition) is 1. The van der Waals surface area contributed by atoms with E-state index in [1.165, 1.54) is 0 Å². The second-order valence-corrected chi connectivity index (χ2v) is 2.89. The highest BCUT2D eigenvalue weighted by Gasteiger charge is 2.41. The molecule has 3 unspecified atom stereocenters. The Morgan fingerprint density at radius 3 is 3.18 bits per heavy atom. The number of rotatable bonds is 1. The number of ether oxygens (including phenoxy) is 2. The molecule has 0 spiro atoms. The van der Waals surface area contributed by atoms with Crippen molar-refractivity contribution in [3.8, 4) is 12.5 Å². The minimum Gasteiger partial charge on any atom is -0.373 e. The maximum atomic E-state index is 5.46. The molecule has 0 saturated carbocycles. The van der Waals surface area contributed by atoms with Crippen LogP contribution in [0, 0.1) is 12.5 Å². The van der Waals surface area contributed by atoms with Crippen LogP contribution in [0.2, 0.25) is 0 Å². The third-order valence-corrected chi connectivity index (χ3v) is 2.23. The number of nitrogens with one attached hydrogen (secondary N) is 1. The molecule has 2 aliphatic heterocycles. The lowest BCUT2D eigenvalue weighted by Crippen LogP contribution is -2.37. The van der Waals surface area contributed by atoms with Gasteiger partial charge in [-0.15, -0.1) is 0 Å². The smallest absolute Gasteiger partial charge is 0.107 e. The summed E-state index contributed by atoms with van der Waals surface area (Å²) in [6, 6.07) is 2.61. The predicted molar refractivity (Wildman–Crippen MR) is 39.9 cm³/mol. The average Bonchev–Trinajstić information content (AvgIpc) is 2.53. The van der Waals surface area contributed by atoms with Crippen molar-refractivity contribution >= 4 is 0 Å². The van der Waals surface area contributed by atoms with E-state index >= 15 is 0 Å². The van der Waals surface area contributed by atoms with Crippen molar-refractivity contribution in [3.05, 3.63) is 0 Å². The Labute approximate surface area is 66.1 Å². The van der Waals surface area contributed by atoms with Crippen molar-refractivity contribution in [1.82, 2.24) is 5.32 Å². The van der Waals surface area contributed by atoms with E-state index < -0.39 is 0 Å². The van der Waals surface area contributed by atoms with Gasteiger partial charge in [0, 0.05) is 12.7 Å². The first kappa shape index (κ1) is 6.96. The first-order valence-corrected chi connectivity index (χ1v) is 3.86. The lowest BCUT2D eigenvalue weighted by Gasteiger charge is -2.13. The molecule has 3 heteroatoms. The fourth-order valence-corrected chi connectivity index (χ4v) is 1.70. The molecule has 2 saturated heterocycles. The van der Waals surface area contributed by atoms with Crippen molar-refractivity contribution in [2.24, 2.45) is 0 Å². The molecule has 0 aliphatic carbocycles. The van der Waals surface area contributed by atoms with Crippen molar-refractivity contribution in [2.75, 3.05) is 13.2 Å². The summed E-state index contributed by atoms with van der Waals surface area (Å²) in [5.41, 5.74) is 0. The molecule has 0 aromatic heterocycles. The van der Waals surface area contributed by atoms with Gasteiger partial charge in [0.05, 0.1) is 18.8 Å². The van der Waals surface area contributed by atoms with Gasteiger partial charge in [0.1, 0.15) is 6.10 Å². The van der Waals surface area contributed by atoms with Crippen molar-refractivity contribution in [3.63, 3.8) is 0 Å². The molecular formula is C8H11NO2. The van der Waals surface area contributed by atoms with E-state index in [1.807, 2.05) is 0 Å². The molecular weight excluding hydrogens is 142 g/mol. The molecule has 0 amide bonds. The quantitative estimate of drug-likeness (QED) is 0.415. The largest absolute Gasteiger partial charge is 0.373 e. The highest BCUT2D eigenvalue weighted by atomic mass is 16.6. The van der Waals surface area contributed by atoms with Gasteiger partial charge in [-0.3, -0.25) is 0 Å². The lowest BCUT2D eigenvalue weighted by molar-refractivity contribution is 0.0695. The average molecular weight is 153 g/mol. The molecule has 60 valence electrons. The molecule has 11 heavy (non-hydrogen) atoms. The van der Waals surface area contributed by atoms with Crippen molar-refractivity contribution in [1.29, 1.82) is 0 Å². The molecule has 2 heterocycles. The Morgan fingerprint density at radius 2 is 2.36 bits per heavy atom. The van der Waals surface area contributed by atoms with Gasteiger partial charge in [-0.2, -0.15) is 0 Å². The van der Waals surface area contributed by atoms with Crippen LogP contribution in [0.25, 0.3) is 0 Å². The number of hydrogen-bond acceptors (Lipinski definition) is 3. The van der Waals surface area contributed by atoms with E-state index in [0.29, 0.717) is 6.61 Å². The zero-order chi connectivity index (χ0) is 7.68. The molecule has 3 atom stereocenters. The summed E-state index contributed by atoms with van der Waals surface area (Å²) < 4.78 is 10.9. The summed E-state index contributed by atoms with van der Waals surface area (Å²) in [5, 5.41) is 2.89. The third kappa shape index (κ3) is 1.09. The molecule has 3 nitrogen and oxygen atoms in total. The normalized spacial score (nSPS) is 41.5. The van der Waals surface area contributed by atoms with Crippen molar-refractivity contribution in [2.45, 2.75) is 24.7 Å². The first-order chi connectivity index (χ1) is 5.42. The first-order valence-electron chi connectivity index (χ1n) is 3.86.